The van der Waals surface area contributed by atoms with E-state index in [2.05, 4.69) is 9.98 Å². The van der Waals surface area contributed by atoms with Gasteiger partial charge >= 0.3 is 0 Å². The molecule has 1 aromatic carbocycles. The normalized spacial score (nSPS) is 16.7. The van der Waals surface area contributed by atoms with Gasteiger partial charge < -0.3 is 19.8 Å². The summed E-state index contributed by atoms with van der Waals surface area (Å²) in [4.78, 5) is 9.94. The summed E-state index contributed by atoms with van der Waals surface area (Å²) in [5, 5.41) is 19.7. The summed E-state index contributed by atoms with van der Waals surface area (Å²) in [5.41, 5.74) is 2.52. The maximum Gasteiger partial charge on any atom is 0.145 e. The second-order valence-corrected chi connectivity index (χ2v) is 6.66. The van der Waals surface area contributed by atoms with Gasteiger partial charge in [0.1, 0.15) is 30.7 Å². The summed E-state index contributed by atoms with van der Waals surface area (Å²) in [7, 11) is 0. The molecule has 3 rings (SSSR count). The minimum atomic E-state index is -0.261. The zero-order chi connectivity index (χ0) is 19.2. The zero-order valence-corrected chi connectivity index (χ0v) is 15.4. The maximum atomic E-state index is 13.3. The predicted octanol–water partition coefficient (Wildman–Crippen LogP) is 0.802. The lowest BCUT2D eigenvalue weighted by Crippen LogP contribution is -3.14. The van der Waals surface area contributed by atoms with E-state index in [0.717, 1.165) is 18.7 Å². The number of pyridine rings is 1. The number of aliphatic hydroxyl groups is 1. The molecule has 3 N–H and O–H groups in total. The Morgan fingerprint density at radius 3 is 2.67 bits per heavy atom. The van der Waals surface area contributed by atoms with Gasteiger partial charge in [0.15, 0.2) is 0 Å². The van der Waals surface area contributed by atoms with Crippen LogP contribution in [-0.4, -0.2) is 54.3 Å². The van der Waals surface area contributed by atoms with E-state index >= 15 is 0 Å². The number of aliphatic imine (C=N–C) groups is 1. The highest BCUT2D eigenvalue weighted by atomic mass is 19.1. The van der Waals surface area contributed by atoms with Gasteiger partial charge in [-0.15, -0.1) is 0 Å². The SMILES string of the molecule is Cc1ncc(CO)c(C=NC[C@@H](c2ccc(F)cc2)[NH+]2CCOCC2)c1O. The quantitative estimate of drug-likeness (QED) is 0.654. The number of halogens is 1. The molecule has 6 nitrogen and oxygen atoms in total. The van der Waals surface area contributed by atoms with Crippen molar-refractivity contribution in [2.45, 2.75) is 19.6 Å². The zero-order valence-electron chi connectivity index (χ0n) is 15.4. The average molecular weight is 374 g/mol. The highest BCUT2D eigenvalue weighted by Crippen LogP contribution is 2.22. The Kier molecular flexibility index (Phi) is 6.49. The summed E-state index contributed by atoms with van der Waals surface area (Å²) in [6.07, 6.45) is 3.13. The molecule has 1 aliphatic heterocycles. The van der Waals surface area contributed by atoms with Gasteiger partial charge in [0.2, 0.25) is 0 Å². The fourth-order valence-electron chi connectivity index (χ4n) is 3.32. The van der Waals surface area contributed by atoms with Gasteiger partial charge in [-0.1, -0.05) is 12.1 Å². The molecular weight excluding hydrogens is 349 g/mol. The number of hydrogen-bond donors (Lipinski definition) is 3. The van der Waals surface area contributed by atoms with Crippen LogP contribution in [0.1, 0.15) is 28.4 Å². The molecule has 1 aromatic heterocycles. The first-order valence-electron chi connectivity index (χ1n) is 9.06. The van der Waals surface area contributed by atoms with Gasteiger partial charge in [0.05, 0.1) is 32.1 Å². The maximum absolute atomic E-state index is 13.3. The third kappa shape index (κ3) is 4.68. The molecule has 0 saturated carbocycles. The number of aryl methyl sites for hydroxylation is 1. The van der Waals surface area contributed by atoms with Crippen LogP contribution < -0.4 is 4.90 Å². The number of aromatic hydroxyl groups is 1. The average Bonchev–Trinajstić information content (AvgIpc) is 2.70. The summed E-state index contributed by atoms with van der Waals surface area (Å²) in [6.45, 7) is 5.06. The van der Waals surface area contributed by atoms with Crippen molar-refractivity contribution >= 4 is 6.21 Å². The number of morpholine rings is 1. The topological polar surface area (TPSA) is 79.4 Å². The summed E-state index contributed by atoms with van der Waals surface area (Å²) < 4.78 is 18.8. The van der Waals surface area contributed by atoms with Gasteiger partial charge in [-0.2, -0.15) is 0 Å². The number of benzene rings is 1. The Balaban J connectivity index is 1.83. The van der Waals surface area contributed by atoms with Gasteiger partial charge in [-0.25, -0.2) is 4.39 Å². The van der Waals surface area contributed by atoms with Crippen molar-refractivity contribution in [3.8, 4) is 5.75 Å². The van der Waals surface area contributed by atoms with E-state index in [9.17, 15) is 14.6 Å². The molecule has 1 fully saturated rings. The van der Waals surface area contributed by atoms with Crippen LogP contribution in [0.5, 0.6) is 5.75 Å². The number of aliphatic hydroxyl groups excluding tert-OH is 1. The number of rotatable bonds is 6. The van der Waals surface area contributed by atoms with Crippen molar-refractivity contribution in [1.82, 2.24) is 4.98 Å². The van der Waals surface area contributed by atoms with Crippen LogP contribution in [0.3, 0.4) is 0 Å². The van der Waals surface area contributed by atoms with E-state index in [-0.39, 0.29) is 24.2 Å². The van der Waals surface area contributed by atoms with E-state index in [1.807, 2.05) is 0 Å². The van der Waals surface area contributed by atoms with Crippen LogP contribution in [0.15, 0.2) is 35.5 Å². The molecule has 1 atom stereocenters. The number of ether oxygens (including phenoxy) is 1. The first kappa shape index (κ1) is 19.4. The third-order valence-corrected chi connectivity index (χ3v) is 4.94. The molecule has 1 saturated heterocycles. The Morgan fingerprint density at radius 1 is 1.30 bits per heavy atom. The van der Waals surface area contributed by atoms with Crippen LogP contribution in [0.4, 0.5) is 4.39 Å². The van der Waals surface area contributed by atoms with Crippen molar-refractivity contribution < 1.29 is 24.2 Å². The number of aromatic nitrogens is 1. The number of hydrogen-bond acceptors (Lipinski definition) is 5. The molecule has 27 heavy (non-hydrogen) atoms. The Hall–Kier alpha value is -2.35. The second kappa shape index (κ2) is 9.03. The Labute approximate surface area is 158 Å². The van der Waals surface area contributed by atoms with E-state index in [1.165, 1.54) is 17.0 Å². The van der Waals surface area contributed by atoms with E-state index < -0.39 is 0 Å². The fourth-order valence-corrected chi connectivity index (χ4v) is 3.32. The molecule has 1 aliphatic rings. The smallest absolute Gasteiger partial charge is 0.145 e. The Bertz CT molecular complexity index is 790. The van der Waals surface area contributed by atoms with Crippen LogP contribution in [-0.2, 0) is 11.3 Å². The number of nitrogens with zero attached hydrogens (tertiary/aromatic N) is 2. The van der Waals surface area contributed by atoms with Gasteiger partial charge in [-0.3, -0.25) is 9.98 Å². The second-order valence-electron chi connectivity index (χ2n) is 6.66. The molecule has 0 radical (unpaired) electrons. The fraction of sp³-hybridized carbons (Fsp3) is 0.400. The van der Waals surface area contributed by atoms with Crippen LogP contribution in [0.25, 0.3) is 0 Å². The van der Waals surface area contributed by atoms with Crippen molar-refractivity contribution in [3.63, 3.8) is 0 Å². The van der Waals surface area contributed by atoms with E-state index in [4.69, 9.17) is 4.74 Å². The Morgan fingerprint density at radius 2 is 2.00 bits per heavy atom. The molecule has 2 heterocycles. The summed E-state index contributed by atoms with van der Waals surface area (Å²) >= 11 is 0. The highest BCUT2D eigenvalue weighted by Gasteiger charge is 2.26. The molecule has 0 amide bonds. The van der Waals surface area contributed by atoms with E-state index in [1.54, 1.807) is 31.5 Å². The lowest BCUT2D eigenvalue weighted by Gasteiger charge is -2.31. The largest absolute Gasteiger partial charge is 0.505 e. The molecule has 144 valence electrons. The van der Waals surface area contributed by atoms with Crippen molar-refractivity contribution in [1.29, 1.82) is 0 Å². The van der Waals surface area contributed by atoms with Crippen molar-refractivity contribution in [3.05, 3.63) is 58.7 Å². The molecule has 0 spiro atoms. The van der Waals surface area contributed by atoms with Gasteiger partial charge in [0, 0.05) is 29.1 Å². The van der Waals surface area contributed by atoms with Crippen LogP contribution in [0.2, 0.25) is 0 Å². The monoisotopic (exact) mass is 374 g/mol. The first-order valence-corrected chi connectivity index (χ1v) is 9.06. The number of quaternary nitrogens is 1. The molecule has 7 heteroatoms. The minimum absolute atomic E-state index is 0.0300. The lowest BCUT2D eigenvalue weighted by molar-refractivity contribution is -0.937. The minimum Gasteiger partial charge on any atom is -0.505 e. The molecule has 0 aliphatic carbocycles. The predicted molar refractivity (Wildman–Crippen MR) is 99.7 cm³/mol. The highest BCUT2D eigenvalue weighted by molar-refractivity contribution is 5.85. The molecule has 0 bridgehead atoms. The third-order valence-electron chi connectivity index (χ3n) is 4.94. The van der Waals surface area contributed by atoms with Crippen LogP contribution in [0, 0.1) is 12.7 Å². The first-order chi connectivity index (χ1) is 13.1. The molecular formula is C20H25FN3O3+. The van der Waals surface area contributed by atoms with Gasteiger partial charge in [-0.05, 0) is 19.1 Å². The van der Waals surface area contributed by atoms with Crippen LogP contribution >= 0.6 is 0 Å². The van der Waals surface area contributed by atoms with Crippen molar-refractivity contribution in [2.75, 3.05) is 32.8 Å². The standard InChI is InChI=1S/C20H24FN3O3/c1-14-20(26)18(16(13-25)10-23-14)11-22-12-19(24-6-8-27-9-7-24)15-2-4-17(21)5-3-15/h2-5,10-11,19,25-26H,6-9,12-13H2,1H3/p+1/t19-/m0/s1. The number of nitrogens with one attached hydrogen (secondary N) is 1. The lowest BCUT2D eigenvalue weighted by atomic mass is 10.0. The van der Waals surface area contributed by atoms with E-state index in [0.29, 0.717) is 36.6 Å². The van der Waals surface area contributed by atoms with Crippen molar-refractivity contribution in [2.24, 2.45) is 4.99 Å². The summed E-state index contributed by atoms with van der Waals surface area (Å²) in [6, 6.07) is 6.59. The molecule has 0 unspecified atom stereocenters. The van der Waals surface area contributed by atoms with Gasteiger partial charge in [0.25, 0.3) is 0 Å². The summed E-state index contributed by atoms with van der Waals surface area (Å²) in [5.74, 6) is -0.231. The molecule has 2 aromatic rings.